The number of carbonyl (C=O) groups is 1. The molecule has 0 saturated carbocycles. The molecule has 2 rings (SSSR count). The summed E-state index contributed by atoms with van der Waals surface area (Å²) in [6.07, 6.45) is 1.89. The molecule has 3 heteroatoms. The highest BCUT2D eigenvalue weighted by Gasteiger charge is 2.24. The van der Waals surface area contributed by atoms with E-state index < -0.39 is 0 Å². The SMILES string of the molecule is CC(=O)N1CC[C@H](Cc2cccc(F)c2)C1. The summed E-state index contributed by atoms with van der Waals surface area (Å²) in [5, 5.41) is 0. The number of benzene rings is 1. The lowest BCUT2D eigenvalue weighted by Crippen LogP contribution is -2.26. The maximum Gasteiger partial charge on any atom is 0.219 e. The minimum atomic E-state index is -0.182. The number of hydrogen-bond acceptors (Lipinski definition) is 1. The second kappa shape index (κ2) is 4.64. The topological polar surface area (TPSA) is 20.3 Å². The van der Waals surface area contributed by atoms with Crippen molar-refractivity contribution in [2.45, 2.75) is 19.8 Å². The lowest BCUT2D eigenvalue weighted by molar-refractivity contribution is -0.127. The average Bonchev–Trinajstić information content (AvgIpc) is 2.66. The molecule has 0 bridgehead atoms. The summed E-state index contributed by atoms with van der Waals surface area (Å²) < 4.78 is 13.0. The molecule has 0 aliphatic carbocycles. The van der Waals surface area contributed by atoms with Crippen LogP contribution in [0.1, 0.15) is 18.9 Å². The van der Waals surface area contributed by atoms with E-state index in [1.165, 1.54) is 6.07 Å². The van der Waals surface area contributed by atoms with E-state index in [1.54, 1.807) is 19.1 Å². The van der Waals surface area contributed by atoms with Gasteiger partial charge in [-0.1, -0.05) is 12.1 Å². The normalized spacial score (nSPS) is 20.1. The largest absolute Gasteiger partial charge is 0.343 e. The molecule has 1 aromatic carbocycles. The van der Waals surface area contributed by atoms with Crippen LogP contribution in [0.4, 0.5) is 4.39 Å². The van der Waals surface area contributed by atoms with Crippen LogP contribution in [-0.4, -0.2) is 23.9 Å². The summed E-state index contributed by atoms with van der Waals surface area (Å²) in [7, 11) is 0. The Balaban J connectivity index is 1.94. The van der Waals surface area contributed by atoms with Crippen molar-refractivity contribution in [2.75, 3.05) is 13.1 Å². The smallest absolute Gasteiger partial charge is 0.219 e. The first-order valence-corrected chi connectivity index (χ1v) is 5.65. The van der Waals surface area contributed by atoms with Crippen LogP contribution in [0.3, 0.4) is 0 Å². The molecule has 0 N–H and O–H groups in total. The number of carbonyl (C=O) groups excluding carboxylic acids is 1. The summed E-state index contributed by atoms with van der Waals surface area (Å²) in [6, 6.07) is 6.72. The fourth-order valence-electron chi connectivity index (χ4n) is 2.28. The van der Waals surface area contributed by atoms with E-state index in [-0.39, 0.29) is 11.7 Å². The van der Waals surface area contributed by atoms with Crippen molar-refractivity contribution in [3.8, 4) is 0 Å². The van der Waals surface area contributed by atoms with Crippen molar-refractivity contribution in [1.29, 1.82) is 0 Å². The molecule has 0 aromatic heterocycles. The molecule has 1 saturated heterocycles. The third kappa shape index (κ3) is 2.60. The molecule has 0 unspecified atom stereocenters. The van der Waals surface area contributed by atoms with Crippen molar-refractivity contribution in [3.05, 3.63) is 35.6 Å². The maximum atomic E-state index is 13.0. The van der Waals surface area contributed by atoms with Crippen molar-refractivity contribution in [3.63, 3.8) is 0 Å². The first kappa shape index (κ1) is 11.1. The standard InChI is InChI=1S/C13H16FNO/c1-10(16)15-6-5-12(9-15)7-11-3-2-4-13(14)8-11/h2-4,8,12H,5-7,9H2,1H3/t12-/m1/s1. The van der Waals surface area contributed by atoms with E-state index in [9.17, 15) is 9.18 Å². The fourth-order valence-corrected chi connectivity index (χ4v) is 2.28. The van der Waals surface area contributed by atoms with E-state index in [4.69, 9.17) is 0 Å². The number of halogens is 1. The zero-order valence-electron chi connectivity index (χ0n) is 9.45. The number of likely N-dealkylation sites (tertiary alicyclic amines) is 1. The van der Waals surface area contributed by atoms with Gasteiger partial charge in [0.05, 0.1) is 0 Å². The summed E-state index contributed by atoms with van der Waals surface area (Å²) >= 11 is 0. The van der Waals surface area contributed by atoms with Crippen LogP contribution in [-0.2, 0) is 11.2 Å². The second-order valence-corrected chi connectivity index (χ2v) is 4.45. The molecule has 0 spiro atoms. The van der Waals surface area contributed by atoms with Crippen molar-refractivity contribution < 1.29 is 9.18 Å². The summed E-state index contributed by atoms with van der Waals surface area (Å²) in [5.74, 6) is 0.436. The number of hydrogen-bond donors (Lipinski definition) is 0. The van der Waals surface area contributed by atoms with Gasteiger partial charge in [-0.25, -0.2) is 4.39 Å². The predicted octanol–water partition coefficient (Wildman–Crippen LogP) is 2.24. The van der Waals surface area contributed by atoms with Gasteiger partial charge in [-0.05, 0) is 36.5 Å². The summed E-state index contributed by atoms with van der Waals surface area (Å²) in [4.78, 5) is 13.0. The van der Waals surface area contributed by atoms with E-state index >= 15 is 0 Å². The van der Waals surface area contributed by atoms with Gasteiger partial charge in [0, 0.05) is 20.0 Å². The zero-order chi connectivity index (χ0) is 11.5. The highest BCUT2D eigenvalue weighted by molar-refractivity contribution is 5.73. The molecule has 0 radical (unpaired) electrons. The number of amides is 1. The maximum absolute atomic E-state index is 13.0. The Morgan fingerprint density at radius 1 is 1.56 bits per heavy atom. The molecule has 1 fully saturated rings. The predicted molar refractivity (Wildman–Crippen MR) is 60.5 cm³/mol. The molecule has 1 aliphatic rings. The summed E-state index contributed by atoms with van der Waals surface area (Å²) in [6.45, 7) is 3.26. The minimum Gasteiger partial charge on any atom is -0.343 e. The monoisotopic (exact) mass is 221 g/mol. The molecule has 86 valence electrons. The van der Waals surface area contributed by atoms with Gasteiger partial charge < -0.3 is 4.90 Å². The fraction of sp³-hybridized carbons (Fsp3) is 0.462. The molecule has 1 aliphatic heterocycles. The molecule has 2 nitrogen and oxygen atoms in total. The lowest BCUT2D eigenvalue weighted by Gasteiger charge is -2.13. The molecule has 1 aromatic rings. The van der Waals surface area contributed by atoms with E-state index in [2.05, 4.69) is 0 Å². The molecule has 1 amide bonds. The molecule has 1 heterocycles. The Bertz CT molecular complexity index is 391. The lowest BCUT2D eigenvalue weighted by atomic mass is 9.99. The Labute approximate surface area is 95.1 Å². The van der Waals surface area contributed by atoms with Crippen LogP contribution in [0.25, 0.3) is 0 Å². The van der Waals surface area contributed by atoms with Gasteiger partial charge in [0.2, 0.25) is 5.91 Å². The quantitative estimate of drug-likeness (QED) is 0.750. The number of rotatable bonds is 2. The van der Waals surface area contributed by atoms with Gasteiger partial charge in [-0.15, -0.1) is 0 Å². The van der Waals surface area contributed by atoms with Gasteiger partial charge in [0.15, 0.2) is 0 Å². The summed E-state index contributed by atoms with van der Waals surface area (Å²) in [5.41, 5.74) is 1.02. The van der Waals surface area contributed by atoms with Crippen molar-refractivity contribution in [2.24, 2.45) is 5.92 Å². The van der Waals surface area contributed by atoms with Crippen molar-refractivity contribution in [1.82, 2.24) is 4.90 Å². The second-order valence-electron chi connectivity index (χ2n) is 4.45. The molecule has 16 heavy (non-hydrogen) atoms. The van der Waals surface area contributed by atoms with E-state index in [0.717, 1.165) is 31.5 Å². The van der Waals surface area contributed by atoms with Crippen LogP contribution >= 0.6 is 0 Å². The highest BCUT2D eigenvalue weighted by Crippen LogP contribution is 2.21. The van der Waals surface area contributed by atoms with Gasteiger partial charge in [-0.2, -0.15) is 0 Å². The van der Waals surface area contributed by atoms with Gasteiger partial charge in [0.25, 0.3) is 0 Å². The van der Waals surface area contributed by atoms with Crippen molar-refractivity contribution >= 4 is 5.91 Å². The molecular formula is C13H16FNO. The minimum absolute atomic E-state index is 0.141. The Kier molecular flexibility index (Phi) is 3.22. The van der Waals surface area contributed by atoms with Crippen LogP contribution in [0, 0.1) is 11.7 Å². The van der Waals surface area contributed by atoms with Gasteiger partial charge >= 0.3 is 0 Å². The average molecular weight is 221 g/mol. The van der Waals surface area contributed by atoms with E-state index in [0.29, 0.717) is 5.92 Å². The molecular weight excluding hydrogens is 205 g/mol. The zero-order valence-corrected chi connectivity index (χ0v) is 9.45. The van der Waals surface area contributed by atoms with Crippen LogP contribution < -0.4 is 0 Å². The molecule has 1 atom stereocenters. The first-order valence-electron chi connectivity index (χ1n) is 5.65. The Hall–Kier alpha value is -1.38. The number of nitrogens with zero attached hydrogens (tertiary/aromatic N) is 1. The third-order valence-electron chi connectivity index (χ3n) is 3.14. The van der Waals surface area contributed by atoms with Gasteiger partial charge in [0.1, 0.15) is 5.82 Å². The van der Waals surface area contributed by atoms with Crippen LogP contribution in [0.5, 0.6) is 0 Å². The van der Waals surface area contributed by atoms with E-state index in [1.807, 2.05) is 11.0 Å². The first-order chi connectivity index (χ1) is 7.65. The Morgan fingerprint density at radius 2 is 2.38 bits per heavy atom. The highest BCUT2D eigenvalue weighted by atomic mass is 19.1. The van der Waals surface area contributed by atoms with Crippen LogP contribution in [0.2, 0.25) is 0 Å². The third-order valence-corrected chi connectivity index (χ3v) is 3.14. The van der Waals surface area contributed by atoms with Gasteiger partial charge in [-0.3, -0.25) is 4.79 Å². The van der Waals surface area contributed by atoms with Crippen LogP contribution in [0.15, 0.2) is 24.3 Å². The Morgan fingerprint density at radius 3 is 3.00 bits per heavy atom.